The maximum atomic E-state index is 6.79. The zero-order chi connectivity index (χ0) is 23.2. The van der Waals surface area contributed by atoms with Gasteiger partial charge in [0, 0.05) is 24.0 Å². The highest BCUT2D eigenvalue weighted by molar-refractivity contribution is 5.43. The molecule has 5 aliphatic rings. The minimum atomic E-state index is -0.785. The van der Waals surface area contributed by atoms with Crippen LogP contribution in [0.25, 0.3) is 0 Å². The third-order valence-electron chi connectivity index (χ3n) is 8.17. The Bertz CT molecular complexity index is 901. The second-order valence-electron chi connectivity index (χ2n) is 10.2. The van der Waals surface area contributed by atoms with Crippen LogP contribution in [0, 0.1) is 23.7 Å². The molecule has 6 rings (SSSR count). The summed E-state index contributed by atoms with van der Waals surface area (Å²) in [7, 11) is 0. The van der Waals surface area contributed by atoms with Gasteiger partial charge in [0.2, 0.25) is 5.79 Å². The zero-order valence-electron chi connectivity index (χ0n) is 20.0. The van der Waals surface area contributed by atoms with Crippen LogP contribution in [0.1, 0.15) is 58.1 Å². The number of fused-ring (bicyclic) bond motifs is 2. The van der Waals surface area contributed by atoms with Crippen LogP contribution in [0.3, 0.4) is 0 Å². The van der Waals surface area contributed by atoms with E-state index in [1.54, 1.807) is 12.2 Å². The van der Waals surface area contributed by atoms with Gasteiger partial charge in [0.25, 0.3) is 0 Å². The molecule has 5 fully saturated rings. The molecule has 6 nitrogen and oxygen atoms in total. The van der Waals surface area contributed by atoms with Crippen molar-refractivity contribution >= 4 is 0 Å². The molecule has 4 aliphatic heterocycles. The Morgan fingerprint density at radius 3 is 2.61 bits per heavy atom. The lowest BCUT2D eigenvalue weighted by Crippen LogP contribution is -2.69. The monoisotopic (exact) mass is 456 g/mol. The standard InChI is InChI=1S/C27H36O6/c1-6-14-28-19-9-10-20(23(16-19)29-15-7-2)24-18(4)22-11-8-17(3)21-12-13-26(5)31-25(30-24)27(21,22)33-32-26/h6-7,9-10,16-18,21-22,24-25H,1-2,8,11-15H2,3-5H3/t17-,18-,21+,22+,24-,25-,26-,27-/m1/s1. The van der Waals surface area contributed by atoms with Crippen LogP contribution in [0.5, 0.6) is 11.5 Å². The van der Waals surface area contributed by atoms with Crippen molar-refractivity contribution < 1.29 is 28.7 Å². The predicted octanol–water partition coefficient (Wildman–Crippen LogP) is 5.74. The average Bonchev–Trinajstić information content (AvgIpc) is 3.04. The molecule has 6 heteroatoms. The average molecular weight is 457 g/mol. The fourth-order valence-corrected chi connectivity index (χ4v) is 6.53. The maximum absolute atomic E-state index is 6.79. The number of benzene rings is 1. The minimum Gasteiger partial charge on any atom is -0.489 e. The highest BCUT2D eigenvalue weighted by atomic mass is 17.3. The molecule has 1 saturated carbocycles. The smallest absolute Gasteiger partial charge is 0.201 e. The molecule has 0 radical (unpaired) electrons. The van der Waals surface area contributed by atoms with E-state index in [2.05, 4.69) is 27.0 Å². The third kappa shape index (κ3) is 3.72. The van der Waals surface area contributed by atoms with Crippen LogP contribution in [0.2, 0.25) is 0 Å². The number of ether oxygens (including phenoxy) is 4. The highest BCUT2D eigenvalue weighted by Crippen LogP contribution is 2.62. The quantitative estimate of drug-likeness (QED) is 0.385. The van der Waals surface area contributed by atoms with Gasteiger partial charge in [0.05, 0.1) is 6.10 Å². The Morgan fingerprint density at radius 1 is 1.03 bits per heavy atom. The molecule has 0 N–H and O–H groups in total. The van der Waals surface area contributed by atoms with E-state index in [0.29, 0.717) is 25.0 Å². The van der Waals surface area contributed by atoms with Crippen LogP contribution in [-0.2, 0) is 19.2 Å². The number of hydrogen-bond donors (Lipinski definition) is 0. The summed E-state index contributed by atoms with van der Waals surface area (Å²) in [6.07, 6.45) is 6.85. The van der Waals surface area contributed by atoms with E-state index in [1.165, 1.54) is 6.42 Å². The van der Waals surface area contributed by atoms with Gasteiger partial charge in [0.15, 0.2) is 11.9 Å². The van der Waals surface area contributed by atoms with Gasteiger partial charge in [-0.3, -0.25) is 0 Å². The van der Waals surface area contributed by atoms with Crippen molar-refractivity contribution in [2.75, 3.05) is 13.2 Å². The Labute approximate surface area is 196 Å². The number of rotatable bonds is 7. The summed E-state index contributed by atoms with van der Waals surface area (Å²) in [5.74, 6) is 2.03. The maximum Gasteiger partial charge on any atom is 0.201 e. The van der Waals surface area contributed by atoms with Gasteiger partial charge < -0.3 is 18.9 Å². The van der Waals surface area contributed by atoms with E-state index < -0.39 is 17.7 Å². The van der Waals surface area contributed by atoms with E-state index in [4.69, 9.17) is 28.7 Å². The molecule has 0 unspecified atom stereocenters. The van der Waals surface area contributed by atoms with Crippen LogP contribution in [-0.4, -0.2) is 30.9 Å². The second-order valence-corrected chi connectivity index (χ2v) is 10.2. The summed E-state index contributed by atoms with van der Waals surface area (Å²) < 4.78 is 25.1. The molecule has 8 atom stereocenters. The molecule has 2 bridgehead atoms. The summed E-state index contributed by atoms with van der Waals surface area (Å²) in [5, 5.41) is 0. The Balaban J connectivity index is 1.52. The molecule has 180 valence electrons. The van der Waals surface area contributed by atoms with Crippen LogP contribution < -0.4 is 9.47 Å². The van der Waals surface area contributed by atoms with Crippen molar-refractivity contribution in [3.8, 4) is 11.5 Å². The summed E-state index contributed by atoms with van der Waals surface area (Å²) in [4.78, 5) is 12.2. The summed E-state index contributed by atoms with van der Waals surface area (Å²) in [5.41, 5.74) is 0.425. The van der Waals surface area contributed by atoms with Gasteiger partial charge in [0.1, 0.15) is 24.7 Å². The van der Waals surface area contributed by atoms with E-state index in [1.807, 2.05) is 25.1 Å². The Hall–Kier alpha value is -1.86. The van der Waals surface area contributed by atoms with E-state index in [-0.39, 0.29) is 17.9 Å². The summed E-state index contributed by atoms with van der Waals surface area (Å²) in [6.45, 7) is 14.9. The van der Waals surface area contributed by atoms with Gasteiger partial charge in [-0.2, -0.15) is 0 Å². The van der Waals surface area contributed by atoms with Crippen molar-refractivity contribution in [1.82, 2.24) is 0 Å². The minimum absolute atomic E-state index is 0.192. The van der Waals surface area contributed by atoms with Crippen molar-refractivity contribution in [3.05, 3.63) is 49.1 Å². The number of hydrogen-bond acceptors (Lipinski definition) is 6. The molecule has 1 spiro atoms. The van der Waals surface area contributed by atoms with Gasteiger partial charge >= 0.3 is 0 Å². The van der Waals surface area contributed by atoms with Crippen molar-refractivity contribution in [2.45, 2.75) is 70.2 Å². The fraction of sp³-hybridized carbons (Fsp3) is 0.630. The summed E-state index contributed by atoms with van der Waals surface area (Å²) >= 11 is 0. The van der Waals surface area contributed by atoms with Crippen LogP contribution in [0.15, 0.2) is 43.5 Å². The molecular weight excluding hydrogens is 420 g/mol. The molecule has 4 heterocycles. The molecule has 33 heavy (non-hydrogen) atoms. The Morgan fingerprint density at radius 2 is 1.82 bits per heavy atom. The molecule has 0 aromatic heterocycles. The normalized spacial score (nSPS) is 41.5. The second kappa shape index (κ2) is 8.73. The van der Waals surface area contributed by atoms with E-state index >= 15 is 0 Å². The van der Waals surface area contributed by atoms with E-state index in [0.717, 1.165) is 36.3 Å². The summed E-state index contributed by atoms with van der Waals surface area (Å²) in [6, 6.07) is 5.94. The molecule has 1 aromatic carbocycles. The SMILES string of the molecule is C=CCOc1ccc([C@@H]2O[C@@H]3O[C@@]4(C)CC[C@H]5[C@H](C)CC[C@@H]([C@H]2C)[C@@]35OO4)c(OCC=C)c1. The lowest BCUT2D eigenvalue weighted by Gasteiger charge is -2.60. The largest absolute Gasteiger partial charge is 0.489 e. The first-order valence-corrected chi connectivity index (χ1v) is 12.2. The fourth-order valence-electron chi connectivity index (χ4n) is 6.53. The lowest BCUT2D eigenvalue weighted by molar-refractivity contribution is -0.571. The molecule has 4 saturated heterocycles. The molecule has 1 aromatic rings. The molecule has 1 aliphatic carbocycles. The van der Waals surface area contributed by atoms with Gasteiger partial charge in [-0.25, -0.2) is 9.78 Å². The van der Waals surface area contributed by atoms with Gasteiger partial charge in [-0.1, -0.05) is 39.2 Å². The van der Waals surface area contributed by atoms with Gasteiger partial charge in [-0.05, 0) is 56.1 Å². The van der Waals surface area contributed by atoms with Crippen molar-refractivity contribution in [2.24, 2.45) is 23.7 Å². The highest BCUT2D eigenvalue weighted by Gasteiger charge is 2.69. The van der Waals surface area contributed by atoms with Crippen LogP contribution in [0.4, 0.5) is 0 Å². The van der Waals surface area contributed by atoms with Crippen molar-refractivity contribution in [3.63, 3.8) is 0 Å². The van der Waals surface area contributed by atoms with E-state index in [9.17, 15) is 0 Å². The van der Waals surface area contributed by atoms with Crippen molar-refractivity contribution in [1.29, 1.82) is 0 Å². The predicted molar refractivity (Wildman–Crippen MR) is 124 cm³/mol. The van der Waals surface area contributed by atoms with Gasteiger partial charge in [-0.15, -0.1) is 0 Å². The Kier molecular flexibility index (Phi) is 6.06. The topological polar surface area (TPSA) is 55.4 Å². The first-order chi connectivity index (χ1) is 15.9. The molecular formula is C27H36O6. The molecule has 0 amide bonds. The first kappa shape index (κ1) is 22.9. The zero-order valence-corrected chi connectivity index (χ0v) is 20.0. The third-order valence-corrected chi connectivity index (χ3v) is 8.17. The van der Waals surface area contributed by atoms with Crippen LogP contribution >= 0.6 is 0 Å². The first-order valence-electron chi connectivity index (χ1n) is 12.2. The lowest BCUT2D eigenvalue weighted by atomic mass is 9.57.